The molecule has 3 heterocycles. The molecule has 4 nitrogen and oxygen atoms in total. The van der Waals surface area contributed by atoms with E-state index in [0.717, 1.165) is 34.4 Å². The van der Waals surface area contributed by atoms with Crippen molar-refractivity contribution in [2.45, 2.75) is 12.3 Å². The summed E-state index contributed by atoms with van der Waals surface area (Å²) in [6.07, 6.45) is 9.82. The van der Waals surface area contributed by atoms with Crippen LogP contribution in [0.5, 0.6) is 0 Å². The number of benzene rings is 8. The van der Waals surface area contributed by atoms with E-state index < -0.39 is 0 Å². The first-order valence-electron chi connectivity index (χ1n) is 21.3. The smallest absolute Gasteiger partial charge is 0.235 e. The second-order valence-electron chi connectivity index (χ2n) is 16.2. The molecule has 0 spiro atoms. The van der Waals surface area contributed by atoms with Gasteiger partial charge in [0.1, 0.15) is 0 Å². The van der Waals surface area contributed by atoms with E-state index in [9.17, 15) is 0 Å². The molecule has 0 N–H and O–H groups in total. The Morgan fingerprint density at radius 1 is 0.419 bits per heavy atom. The van der Waals surface area contributed by atoms with Crippen molar-refractivity contribution in [3.63, 3.8) is 0 Å². The highest BCUT2D eigenvalue weighted by Crippen LogP contribution is 2.39. The summed E-state index contributed by atoms with van der Waals surface area (Å²) in [4.78, 5) is 10.1. The predicted molar refractivity (Wildman–Crippen MR) is 258 cm³/mol. The molecule has 1 aliphatic carbocycles. The molecular formula is C58H40N4. The van der Waals surface area contributed by atoms with E-state index in [-0.39, 0.29) is 0 Å². The van der Waals surface area contributed by atoms with Crippen LogP contribution in [0.3, 0.4) is 0 Å². The summed E-state index contributed by atoms with van der Waals surface area (Å²) >= 11 is 0. The lowest BCUT2D eigenvalue weighted by Gasteiger charge is -2.17. The minimum Gasteiger partial charge on any atom is -0.309 e. The molecular weight excluding hydrogens is 753 g/mol. The topological polar surface area (TPSA) is 35.6 Å². The fourth-order valence-electron chi connectivity index (χ4n) is 9.49. The highest BCUT2D eigenvalue weighted by molar-refractivity contribution is 6.12. The van der Waals surface area contributed by atoms with Gasteiger partial charge in [-0.1, -0.05) is 158 Å². The Morgan fingerprint density at radius 3 is 1.68 bits per heavy atom. The van der Waals surface area contributed by atoms with Crippen LogP contribution in [-0.4, -0.2) is 19.1 Å². The zero-order valence-corrected chi connectivity index (χ0v) is 33.9. The van der Waals surface area contributed by atoms with Crippen molar-refractivity contribution < 1.29 is 0 Å². The van der Waals surface area contributed by atoms with Crippen molar-refractivity contribution in [3.8, 4) is 45.1 Å². The van der Waals surface area contributed by atoms with E-state index in [1.807, 2.05) is 12.3 Å². The van der Waals surface area contributed by atoms with Gasteiger partial charge in [0.05, 0.1) is 27.8 Å². The second-order valence-corrected chi connectivity index (χ2v) is 16.2. The maximum Gasteiger partial charge on any atom is 0.235 e. The van der Waals surface area contributed by atoms with Crippen molar-refractivity contribution >= 4 is 49.2 Å². The lowest BCUT2D eigenvalue weighted by atomic mass is 9.88. The van der Waals surface area contributed by atoms with Gasteiger partial charge in [0.15, 0.2) is 0 Å². The minimum absolute atomic E-state index is 0.404. The number of fused-ring (bicyclic) bond motifs is 6. The molecule has 0 fully saturated rings. The van der Waals surface area contributed by atoms with E-state index in [1.54, 1.807) is 0 Å². The Balaban J connectivity index is 0.899. The summed E-state index contributed by atoms with van der Waals surface area (Å²) in [5.41, 5.74) is 16.2. The number of hydrogen-bond donors (Lipinski definition) is 0. The molecule has 0 radical (unpaired) electrons. The van der Waals surface area contributed by atoms with Crippen LogP contribution in [0.15, 0.2) is 225 Å². The molecule has 1 aliphatic rings. The molecule has 0 saturated carbocycles. The fourth-order valence-corrected chi connectivity index (χ4v) is 9.49. The number of hydrogen-bond acceptors (Lipinski definition) is 2. The van der Waals surface area contributed by atoms with E-state index >= 15 is 0 Å². The van der Waals surface area contributed by atoms with Gasteiger partial charge in [0.25, 0.3) is 0 Å². The van der Waals surface area contributed by atoms with Gasteiger partial charge in [-0.05, 0) is 106 Å². The molecule has 292 valence electrons. The van der Waals surface area contributed by atoms with Crippen molar-refractivity contribution in [2.24, 2.45) is 0 Å². The fraction of sp³-hybridized carbons (Fsp3) is 0.0345. The standard InChI is InChI=1S/C58H40N4/c1-3-12-39(13-4-1)41-22-24-43(25-23-41)44-16-11-17-47(36-44)53-34-35-59-58(60-53)62-55-21-10-8-19-50(55)52-38-46(29-33-57(52)62)45-28-32-56-51(37-45)49-18-7-9-20-54(49)61(56)48-30-26-42(27-31-48)40-14-5-2-6-15-40/h1-22,24-38,41H,23H2. The van der Waals surface area contributed by atoms with Gasteiger partial charge in [0, 0.05) is 44.9 Å². The van der Waals surface area contributed by atoms with Crippen LogP contribution in [0.1, 0.15) is 23.5 Å². The average molecular weight is 793 g/mol. The molecule has 12 rings (SSSR count). The van der Waals surface area contributed by atoms with Gasteiger partial charge in [0.2, 0.25) is 5.95 Å². The van der Waals surface area contributed by atoms with Crippen molar-refractivity contribution in [2.75, 3.05) is 0 Å². The molecule has 3 aromatic heterocycles. The first-order valence-corrected chi connectivity index (χ1v) is 21.3. The van der Waals surface area contributed by atoms with Gasteiger partial charge >= 0.3 is 0 Å². The molecule has 0 bridgehead atoms. The average Bonchev–Trinajstić information content (AvgIpc) is 3.87. The highest BCUT2D eigenvalue weighted by atomic mass is 15.2. The van der Waals surface area contributed by atoms with E-state index in [2.05, 4.69) is 221 Å². The Morgan fingerprint density at radius 2 is 0.984 bits per heavy atom. The lowest BCUT2D eigenvalue weighted by molar-refractivity contribution is 0.856. The zero-order valence-electron chi connectivity index (χ0n) is 33.9. The normalized spacial score (nSPS) is 13.9. The van der Waals surface area contributed by atoms with Gasteiger partial charge in [-0.15, -0.1) is 0 Å². The van der Waals surface area contributed by atoms with E-state index in [1.165, 1.54) is 71.5 Å². The number of allylic oxidation sites excluding steroid dienone is 4. The summed E-state index contributed by atoms with van der Waals surface area (Å²) in [6, 6.07) is 71.9. The molecule has 1 atom stereocenters. The number of nitrogens with zero attached hydrogens (tertiary/aromatic N) is 4. The van der Waals surface area contributed by atoms with Crippen LogP contribution in [0.4, 0.5) is 0 Å². The quantitative estimate of drug-likeness (QED) is 0.161. The lowest BCUT2D eigenvalue weighted by Crippen LogP contribution is -2.02. The third-order valence-electron chi connectivity index (χ3n) is 12.6. The Bertz CT molecular complexity index is 3540. The van der Waals surface area contributed by atoms with Crippen molar-refractivity contribution in [1.29, 1.82) is 0 Å². The van der Waals surface area contributed by atoms with E-state index in [4.69, 9.17) is 9.97 Å². The summed E-state index contributed by atoms with van der Waals surface area (Å²) in [7, 11) is 0. The zero-order chi connectivity index (χ0) is 41.0. The Labute approximate surface area is 360 Å². The monoisotopic (exact) mass is 792 g/mol. The molecule has 0 amide bonds. The summed E-state index contributed by atoms with van der Waals surface area (Å²) in [6.45, 7) is 0. The van der Waals surface area contributed by atoms with Crippen molar-refractivity contribution in [3.05, 3.63) is 236 Å². The van der Waals surface area contributed by atoms with Gasteiger partial charge in [-0.3, -0.25) is 4.57 Å². The molecule has 1 unspecified atom stereocenters. The molecule has 4 heteroatoms. The summed E-state index contributed by atoms with van der Waals surface area (Å²) in [5, 5.41) is 4.80. The van der Waals surface area contributed by atoms with Crippen LogP contribution in [0.2, 0.25) is 0 Å². The van der Waals surface area contributed by atoms with Gasteiger partial charge in [-0.2, -0.15) is 0 Å². The molecule has 62 heavy (non-hydrogen) atoms. The van der Waals surface area contributed by atoms with Crippen LogP contribution in [-0.2, 0) is 0 Å². The van der Waals surface area contributed by atoms with Crippen LogP contribution in [0.25, 0.3) is 94.3 Å². The maximum absolute atomic E-state index is 5.23. The Kier molecular flexibility index (Phi) is 8.60. The molecule has 11 aromatic rings. The van der Waals surface area contributed by atoms with Gasteiger partial charge in [-0.25, -0.2) is 9.97 Å². The molecule has 0 aliphatic heterocycles. The maximum atomic E-state index is 5.23. The summed E-state index contributed by atoms with van der Waals surface area (Å²) < 4.78 is 4.59. The SMILES string of the molecule is C1=CC(c2ccccc2)CC=C1c1cccc(-c2ccnc(-n3c4ccccc4c4cc(-c5ccc6c(c5)c5ccccc5n6-c5ccc(-c6ccccc6)cc5)ccc43)n2)c1. The Hall–Kier alpha value is -8.08. The first kappa shape index (κ1) is 35.8. The predicted octanol–water partition coefficient (Wildman–Crippen LogP) is 14.8. The van der Waals surface area contributed by atoms with E-state index in [0.29, 0.717) is 11.9 Å². The third kappa shape index (κ3) is 6.15. The largest absolute Gasteiger partial charge is 0.309 e. The molecule has 0 saturated heterocycles. The van der Waals surface area contributed by atoms with Crippen LogP contribution >= 0.6 is 0 Å². The molecule has 8 aromatic carbocycles. The highest BCUT2D eigenvalue weighted by Gasteiger charge is 2.18. The second kappa shape index (κ2) is 14.9. The van der Waals surface area contributed by atoms with Gasteiger partial charge < -0.3 is 4.57 Å². The number of rotatable bonds is 7. The third-order valence-corrected chi connectivity index (χ3v) is 12.6. The van der Waals surface area contributed by atoms with Crippen LogP contribution in [0, 0.1) is 0 Å². The first-order chi connectivity index (χ1) is 30.7. The minimum atomic E-state index is 0.404. The van der Waals surface area contributed by atoms with Crippen molar-refractivity contribution in [1.82, 2.24) is 19.1 Å². The summed E-state index contributed by atoms with van der Waals surface area (Å²) in [5.74, 6) is 1.06. The number of para-hydroxylation sites is 2. The number of aromatic nitrogens is 4. The van der Waals surface area contributed by atoms with Crippen LogP contribution < -0.4 is 0 Å².